The van der Waals surface area contributed by atoms with Gasteiger partial charge in [0.05, 0.1) is 19.1 Å². The van der Waals surface area contributed by atoms with E-state index in [2.05, 4.69) is 23.8 Å². The van der Waals surface area contributed by atoms with Crippen molar-refractivity contribution in [2.24, 2.45) is 0 Å². The molecule has 1 saturated heterocycles. The number of β-amino-alcohol motifs (C(OH)–C–C–N with tert-alkyl or cyclic N) is 1. The lowest BCUT2D eigenvalue weighted by molar-refractivity contribution is -0.145. The molecule has 1 aliphatic rings. The molecule has 0 bridgehead atoms. The molecular formula is C13H26N2O3. The molecule has 2 unspecified atom stereocenters. The number of carbonyl (C=O) groups is 1. The van der Waals surface area contributed by atoms with Gasteiger partial charge in [-0.1, -0.05) is 6.92 Å². The molecule has 106 valence electrons. The van der Waals surface area contributed by atoms with Gasteiger partial charge < -0.3 is 14.7 Å². The summed E-state index contributed by atoms with van der Waals surface area (Å²) in [6.07, 6.45) is 0.586. The minimum absolute atomic E-state index is 0.0942. The predicted molar refractivity (Wildman–Crippen MR) is 70.4 cm³/mol. The van der Waals surface area contributed by atoms with E-state index < -0.39 is 6.10 Å². The van der Waals surface area contributed by atoms with Crippen molar-refractivity contribution in [3.05, 3.63) is 0 Å². The molecule has 5 nitrogen and oxygen atoms in total. The van der Waals surface area contributed by atoms with Gasteiger partial charge in [-0.2, -0.15) is 0 Å². The fraction of sp³-hybridized carbons (Fsp3) is 0.923. The number of nitrogens with zero attached hydrogens (tertiary/aromatic N) is 2. The molecule has 18 heavy (non-hydrogen) atoms. The molecule has 0 amide bonds. The Morgan fingerprint density at radius 3 is 2.78 bits per heavy atom. The summed E-state index contributed by atoms with van der Waals surface area (Å²) in [6.45, 7) is 7.82. The topological polar surface area (TPSA) is 53.0 Å². The monoisotopic (exact) mass is 258 g/mol. The van der Waals surface area contributed by atoms with Crippen LogP contribution in [0.15, 0.2) is 0 Å². The van der Waals surface area contributed by atoms with Crippen LogP contribution in [0.3, 0.4) is 0 Å². The molecule has 1 aliphatic heterocycles. The van der Waals surface area contributed by atoms with Crippen molar-refractivity contribution in [2.45, 2.75) is 38.8 Å². The van der Waals surface area contributed by atoms with Crippen LogP contribution in [-0.4, -0.2) is 72.9 Å². The minimum atomic E-state index is -0.620. The van der Waals surface area contributed by atoms with Gasteiger partial charge in [0.1, 0.15) is 0 Å². The Labute approximate surface area is 110 Å². The zero-order valence-corrected chi connectivity index (χ0v) is 11.8. The van der Waals surface area contributed by atoms with Crippen LogP contribution >= 0.6 is 0 Å². The summed E-state index contributed by atoms with van der Waals surface area (Å²) < 4.78 is 4.84. The number of piperazine rings is 1. The number of hydrogen-bond acceptors (Lipinski definition) is 5. The van der Waals surface area contributed by atoms with Gasteiger partial charge in [-0.25, -0.2) is 0 Å². The average Bonchev–Trinajstić information content (AvgIpc) is 2.31. The molecule has 0 aromatic heterocycles. The molecule has 1 fully saturated rings. The SMILES string of the molecule is CCOC(=O)CC(O)CN1CCN(C)C(CC)C1. The quantitative estimate of drug-likeness (QED) is 0.696. The van der Waals surface area contributed by atoms with E-state index in [0.29, 0.717) is 19.2 Å². The van der Waals surface area contributed by atoms with E-state index in [4.69, 9.17) is 4.74 Å². The van der Waals surface area contributed by atoms with Crippen LogP contribution in [-0.2, 0) is 9.53 Å². The maximum absolute atomic E-state index is 11.3. The number of esters is 1. The van der Waals surface area contributed by atoms with Gasteiger partial charge >= 0.3 is 5.97 Å². The Balaban J connectivity index is 2.31. The van der Waals surface area contributed by atoms with E-state index in [1.165, 1.54) is 0 Å². The molecule has 1 rings (SSSR count). The van der Waals surface area contributed by atoms with E-state index in [9.17, 15) is 9.90 Å². The number of aliphatic hydroxyl groups excluding tert-OH is 1. The standard InChI is InChI=1S/C13H26N2O3/c1-4-11-9-15(7-6-14(11)3)10-12(16)8-13(17)18-5-2/h11-12,16H,4-10H2,1-3H3. The molecule has 2 atom stereocenters. The third-order valence-corrected chi connectivity index (χ3v) is 3.51. The summed E-state index contributed by atoms with van der Waals surface area (Å²) in [6, 6.07) is 0.550. The van der Waals surface area contributed by atoms with Gasteiger partial charge in [0.2, 0.25) is 0 Å². The van der Waals surface area contributed by atoms with Crippen molar-refractivity contribution >= 4 is 5.97 Å². The predicted octanol–water partition coefficient (Wildman–Crippen LogP) is 0.327. The van der Waals surface area contributed by atoms with Crippen molar-refractivity contribution in [1.82, 2.24) is 9.80 Å². The maximum atomic E-state index is 11.3. The molecule has 1 N–H and O–H groups in total. The number of rotatable bonds is 6. The molecule has 0 spiro atoms. The smallest absolute Gasteiger partial charge is 0.308 e. The molecule has 0 aromatic rings. The Morgan fingerprint density at radius 1 is 1.44 bits per heavy atom. The zero-order chi connectivity index (χ0) is 13.5. The fourth-order valence-corrected chi connectivity index (χ4v) is 2.39. The van der Waals surface area contributed by atoms with Gasteiger partial charge in [0.25, 0.3) is 0 Å². The number of carbonyl (C=O) groups excluding carboxylic acids is 1. The Kier molecular flexibility index (Phi) is 6.60. The lowest BCUT2D eigenvalue weighted by Gasteiger charge is -2.39. The molecule has 0 radical (unpaired) electrons. The first kappa shape index (κ1) is 15.4. The van der Waals surface area contributed by atoms with Crippen LogP contribution in [0.2, 0.25) is 0 Å². The van der Waals surface area contributed by atoms with Crippen molar-refractivity contribution < 1.29 is 14.6 Å². The third kappa shape index (κ3) is 4.92. The highest BCUT2D eigenvalue weighted by Gasteiger charge is 2.24. The first-order valence-electron chi connectivity index (χ1n) is 6.83. The molecule has 5 heteroatoms. The Bertz CT molecular complexity index is 261. The van der Waals surface area contributed by atoms with E-state index >= 15 is 0 Å². The summed E-state index contributed by atoms with van der Waals surface area (Å²) >= 11 is 0. The highest BCUT2D eigenvalue weighted by Crippen LogP contribution is 2.11. The summed E-state index contributed by atoms with van der Waals surface area (Å²) in [4.78, 5) is 15.8. The molecule has 0 saturated carbocycles. The first-order chi connectivity index (χ1) is 8.56. The van der Waals surface area contributed by atoms with Crippen LogP contribution in [0.5, 0.6) is 0 Å². The molecule has 0 aliphatic carbocycles. The van der Waals surface area contributed by atoms with E-state index in [1.54, 1.807) is 6.92 Å². The maximum Gasteiger partial charge on any atom is 0.308 e. The Hall–Kier alpha value is -0.650. The zero-order valence-electron chi connectivity index (χ0n) is 11.8. The number of likely N-dealkylation sites (N-methyl/N-ethyl adjacent to an activating group) is 1. The van der Waals surface area contributed by atoms with Gasteiger partial charge in [0, 0.05) is 32.2 Å². The van der Waals surface area contributed by atoms with E-state index in [1.807, 2.05) is 0 Å². The summed E-state index contributed by atoms with van der Waals surface area (Å²) in [5, 5.41) is 9.87. The van der Waals surface area contributed by atoms with Crippen LogP contribution in [0.1, 0.15) is 26.7 Å². The van der Waals surface area contributed by atoms with Crippen molar-refractivity contribution in [3.8, 4) is 0 Å². The van der Waals surface area contributed by atoms with Crippen molar-refractivity contribution in [2.75, 3.05) is 39.8 Å². The van der Waals surface area contributed by atoms with Crippen molar-refractivity contribution in [1.29, 1.82) is 0 Å². The van der Waals surface area contributed by atoms with Crippen LogP contribution in [0.25, 0.3) is 0 Å². The van der Waals surface area contributed by atoms with Gasteiger partial charge in [0.15, 0.2) is 0 Å². The third-order valence-electron chi connectivity index (χ3n) is 3.51. The van der Waals surface area contributed by atoms with Gasteiger partial charge in [-0.15, -0.1) is 0 Å². The second-order valence-electron chi connectivity index (χ2n) is 4.97. The molecule has 0 aromatic carbocycles. The van der Waals surface area contributed by atoms with Crippen molar-refractivity contribution in [3.63, 3.8) is 0 Å². The first-order valence-corrected chi connectivity index (χ1v) is 6.83. The average molecular weight is 258 g/mol. The summed E-state index contributed by atoms with van der Waals surface area (Å²) in [7, 11) is 2.14. The van der Waals surface area contributed by atoms with E-state index in [-0.39, 0.29) is 12.4 Å². The van der Waals surface area contributed by atoms with Crippen LogP contribution in [0.4, 0.5) is 0 Å². The normalized spacial score (nSPS) is 23.9. The van der Waals surface area contributed by atoms with Crippen LogP contribution in [0, 0.1) is 0 Å². The van der Waals surface area contributed by atoms with Gasteiger partial charge in [-0.3, -0.25) is 9.69 Å². The molecular weight excluding hydrogens is 232 g/mol. The Morgan fingerprint density at radius 2 is 2.17 bits per heavy atom. The highest BCUT2D eigenvalue weighted by molar-refractivity contribution is 5.69. The highest BCUT2D eigenvalue weighted by atomic mass is 16.5. The number of hydrogen-bond donors (Lipinski definition) is 1. The van der Waals surface area contributed by atoms with Gasteiger partial charge in [-0.05, 0) is 20.4 Å². The van der Waals surface area contributed by atoms with E-state index in [0.717, 1.165) is 26.1 Å². The lowest BCUT2D eigenvalue weighted by atomic mass is 10.1. The summed E-state index contributed by atoms with van der Waals surface area (Å²) in [5.74, 6) is -0.314. The largest absolute Gasteiger partial charge is 0.466 e. The molecule has 1 heterocycles. The minimum Gasteiger partial charge on any atom is -0.466 e. The second-order valence-corrected chi connectivity index (χ2v) is 4.97. The van der Waals surface area contributed by atoms with Crippen LogP contribution < -0.4 is 0 Å². The fourth-order valence-electron chi connectivity index (χ4n) is 2.39. The number of aliphatic hydroxyl groups is 1. The second kappa shape index (κ2) is 7.71. The lowest BCUT2D eigenvalue weighted by Crippen LogP contribution is -2.52. The summed E-state index contributed by atoms with van der Waals surface area (Å²) in [5.41, 5.74) is 0. The number of ether oxygens (including phenoxy) is 1.